The van der Waals surface area contributed by atoms with Gasteiger partial charge < -0.3 is 5.32 Å². The molecule has 0 spiro atoms. The smallest absolute Gasteiger partial charge is 0.243 e. The fraction of sp³-hybridized carbons (Fsp3) is 0.545. The van der Waals surface area contributed by atoms with Crippen LogP contribution < -0.4 is 5.32 Å². The summed E-state index contributed by atoms with van der Waals surface area (Å²) in [5.41, 5.74) is 0. The van der Waals surface area contributed by atoms with Gasteiger partial charge in [-0.2, -0.15) is 16.1 Å². The van der Waals surface area contributed by atoms with Crippen LogP contribution in [0.2, 0.25) is 0 Å². The maximum Gasteiger partial charge on any atom is 0.243 e. The van der Waals surface area contributed by atoms with Gasteiger partial charge in [-0.3, -0.25) is 0 Å². The molecule has 1 atom stereocenters. The van der Waals surface area contributed by atoms with Gasteiger partial charge in [-0.1, -0.05) is 6.92 Å². The van der Waals surface area contributed by atoms with Crippen LogP contribution in [0.5, 0.6) is 0 Å². The molecule has 0 bridgehead atoms. The molecule has 1 aromatic rings. The van der Waals surface area contributed by atoms with Crippen LogP contribution in [-0.4, -0.2) is 48.8 Å². The molecule has 2 rings (SSSR count). The first kappa shape index (κ1) is 13.6. The van der Waals surface area contributed by atoms with Gasteiger partial charge in [-0.15, -0.1) is 0 Å². The fourth-order valence-electron chi connectivity index (χ4n) is 1.86. The van der Waals surface area contributed by atoms with Crippen LogP contribution in [-0.2, 0) is 10.0 Å². The second kappa shape index (κ2) is 5.46. The zero-order valence-electron chi connectivity index (χ0n) is 10.5. The molecule has 0 amide bonds. The standard InChI is InChI=1S/C11H17N3O2S2/c1-9-8-14(5-6-17-9)18(15,16)10-3-4-13-11(7-10)12-2/h3-4,7,9H,5-6,8H2,1-2H3,(H,12,13). The van der Waals surface area contributed by atoms with E-state index in [4.69, 9.17) is 0 Å². The molecule has 5 nitrogen and oxygen atoms in total. The van der Waals surface area contributed by atoms with Crippen molar-refractivity contribution in [1.82, 2.24) is 9.29 Å². The Hall–Kier alpha value is -0.790. The summed E-state index contributed by atoms with van der Waals surface area (Å²) in [6, 6.07) is 3.12. The van der Waals surface area contributed by atoms with E-state index in [2.05, 4.69) is 17.2 Å². The number of nitrogens with one attached hydrogen (secondary N) is 1. The van der Waals surface area contributed by atoms with Gasteiger partial charge in [0.2, 0.25) is 10.0 Å². The van der Waals surface area contributed by atoms with Gasteiger partial charge in [0.25, 0.3) is 0 Å². The van der Waals surface area contributed by atoms with Crippen molar-refractivity contribution in [2.24, 2.45) is 0 Å². The molecular weight excluding hydrogens is 270 g/mol. The van der Waals surface area contributed by atoms with Crippen molar-refractivity contribution in [2.45, 2.75) is 17.1 Å². The monoisotopic (exact) mass is 287 g/mol. The van der Waals surface area contributed by atoms with E-state index in [1.807, 2.05) is 11.8 Å². The second-order valence-corrected chi connectivity index (χ2v) is 7.66. The maximum atomic E-state index is 12.5. The van der Waals surface area contributed by atoms with Crippen LogP contribution >= 0.6 is 11.8 Å². The predicted octanol–water partition coefficient (Wildman–Crippen LogP) is 1.25. The summed E-state index contributed by atoms with van der Waals surface area (Å²) in [5, 5.41) is 3.20. The number of thioether (sulfide) groups is 1. The third-order valence-electron chi connectivity index (χ3n) is 2.83. The number of sulfonamides is 1. The normalized spacial score (nSPS) is 21.8. The van der Waals surface area contributed by atoms with E-state index >= 15 is 0 Å². The summed E-state index contributed by atoms with van der Waals surface area (Å²) in [6.07, 6.45) is 1.51. The molecule has 1 aromatic heterocycles. The number of pyridine rings is 1. The van der Waals surface area contributed by atoms with Crippen LogP contribution in [0.1, 0.15) is 6.92 Å². The molecule has 7 heteroatoms. The van der Waals surface area contributed by atoms with E-state index in [9.17, 15) is 8.42 Å². The molecule has 2 heterocycles. The minimum absolute atomic E-state index is 0.306. The van der Waals surface area contributed by atoms with Crippen molar-refractivity contribution in [3.05, 3.63) is 18.3 Å². The van der Waals surface area contributed by atoms with E-state index < -0.39 is 10.0 Å². The van der Waals surface area contributed by atoms with Crippen LogP contribution in [0.4, 0.5) is 5.82 Å². The highest BCUT2D eigenvalue weighted by atomic mass is 32.2. The van der Waals surface area contributed by atoms with E-state index in [0.717, 1.165) is 5.75 Å². The Morgan fingerprint density at radius 1 is 1.56 bits per heavy atom. The number of hydrogen-bond acceptors (Lipinski definition) is 5. The van der Waals surface area contributed by atoms with Crippen molar-refractivity contribution in [3.63, 3.8) is 0 Å². The lowest BCUT2D eigenvalue weighted by atomic mass is 10.4. The lowest BCUT2D eigenvalue weighted by Crippen LogP contribution is -2.40. The first-order valence-corrected chi connectivity index (χ1v) is 8.28. The molecule has 0 aliphatic carbocycles. The Balaban J connectivity index is 2.29. The third-order valence-corrected chi connectivity index (χ3v) is 5.83. The highest BCUT2D eigenvalue weighted by Gasteiger charge is 2.29. The van der Waals surface area contributed by atoms with E-state index in [1.165, 1.54) is 6.20 Å². The fourth-order valence-corrected chi connectivity index (χ4v) is 4.63. The average Bonchev–Trinajstić information content (AvgIpc) is 2.39. The molecule has 100 valence electrons. The molecule has 0 radical (unpaired) electrons. The SMILES string of the molecule is CNc1cc(S(=O)(=O)N2CCSC(C)C2)ccn1. The van der Waals surface area contributed by atoms with Crippen LogP contribution in [0.15, 0.2) is 23.2 Å². The van der Waals surface area contributed by atoms with Gasteiger partial charge >= 0.3 is 0 Å². The first-order valence-electron chi connectivity index (χ1n) is 5.79. The van der Waals surface area contributed by atoms with Gasteiger partial charge in [0.1, 0.15) is 5.82 Å². The number of nitrogens with zero attached hydrogens (tertiary/aromatic N) is 2. The molecule has 1 aliphatic rings. The lowest BCUT2D eigenvalue weighted by Gasteiger charge is -2.29. The summed E-state index contributed by atoms with van der Waals surface area (Å²) in [7, 11) is -1.67. The Bertz CT molecular complexity index is 519. The van der Waals surface area contributed by atoms with Crippen molar-refractivity contribution >= 4 is 27.6 Å². The van der Waals surface area contributed by atoms with Gasteiger partial charge in [-0.25, -0.2) is 13.4 Å². The lowest BCUT2D eigenvalue weighted by molar-refractivity contribution is 0.424. The summed E-state index contributed by atoms with van der Waals surface area (Å²) in [5.74, 6) is 1.42. The van der Waals surface area contributed by atoms with Crippen LogP contribution in [0.25, 0.3) is 0 Å². The Labute approximate surface area is 112 Å². The van der Waals surface area contributed by atoms with Crippen molar-refractivity contribution in [3.8, 4) is 0 Å². The van der Waals surface area contributed by atoms with Crippen molar-refractivity contribution < 1.29 is 8.42 Å². The molecule has 1 N–H and O–H groups in total. The number of aromatic nitrogens is 1. The quantitative estimate of drug-likeness (QED) is 0.906. The zero-order chi connectivity index (χ0) is 13.2. The average molecular weight is 287 g/mol. The third kappa shape index (κ3) is 2.78. The van der Waals surface area contributed by atoms with Crippen molar-refractivity contribution in [2.75, 3.05) is 31.2 Å². The minimum Gasteiger partial charge on any atom is -0.373 e. The Kier molecular flexibility index (Phi) is 4.14. The number of anilines is 1. The van der Waals surface area contributed by atoms with Gasteiger partial charge in [0.15, 0.2) is 0 Å². The first-order chi connectivity index (χ1) is 8.54. The highest BCUT2D eigenvalue weighted by Crippen LogP contribution is 2.24. The van der Waals surface area contributed by atoms with E-state index in [1.54, 1.807) is 23.5 Å². The molecular formula is C11H17N3O2S2. The highest BCUT2D eigenvalue weighted by molar-refractivity contribution is 8.00. The second-order valence-electron chi connectivity index (χ2n) is 4.17. The predicted molar refractivity (Wildman–Crippen MR) is 74.5 cm³/mol. The van der Waals surface area contributed by atoms with E-state index in [-0.39, 0.29) is 0 Å². The largest absolute Gasteiger partial charge is 0.373 e. The number of hydrogen-bond donors (Lipinski definition) is 1. The maximum absolute atomic E-state index is 12.5. The zero-order valence-corrected chi connectivity index (χ0v) is 12.1. The Morgan fingerprint density at radius 2 is 2.33 bits per heavy atom. The van der Waals surface area contributed by atoms with Crippen LogP contribution in [0, 0.1) is 0 Å². The summed E-state index contributed by atoms with van der Waals surface area (Å²) < 4.78 is 26.5. The van der Waals surface area contributed by atoms with Crippen molar-refractivity contribution in [1.29, 1.82) is 0 Å². The summed E-state index contributed by atoms with van der Waals surface area (Å²) >= 11 is 1.81. The molecule has 1 fully saturated rings. The minimum atomic E-state index is -3.39. The van der Waals surface area contributed by atoms with Gasteiger partial charge in [-0.05, 0) is 6.07 Å². The Morgan fingerprint density at radius 3 is 3.00 bits per heavy atom. The molecule has 18 heavy (non-hydrogen) atoms. The molecule has 0 saturated carbocycles. The number of rotatable bonds is 3. The van der Waals surface area contributed by atoms with Gasteiger partial charge in [0, 0.05) is 43.4 Å². The summed E-state index contributed by atoms with van der Waals surface area (Å²) in [4.78, 5) is 4.34. The molecule has 0 aromatic carbocycles. The van der Waals surface area contributed by atoms with E-state index in [0.29, 0.717) is 29.1 Å². The molecule has 1 aliphatic heterocycles. The summed E-state index contributed by atoms with van der Waals surface area (Å²) in [6.45, 7) is 3.21. The molecule has 1 unspecified atom stereocenters. The topological polar surface area (TPSA) is 62.3 Å². The molecule has 1 saturated heterocycles. The van der Waals surface area contributed by atoms with Crippen LogP contribution in [0.3, 0.4) is 0 Å². The van der Waals surface area contributed by atoms with Gasteiger partial charge in [0.05, 0.1) is 4.90 Å².